The Morgan fingerprint density at radius 3 is 2.84 bits per heavy atom. The molecule has 1 aromatic rings. The SMILES string of the molecule is CC1=NC(C#CC=C2CCN(C(=O)c3cnccn3)CC2)C(C)C=C1. The van der Waals surface area contributed by atoms with Gasteiger partial charge in [0.15, 0.2) is 0 Å². The Labute approximate surface area is 148 Å². The van der Waals surface area contributed by atoms with Gasteiger partial charge < -0.3 is 4.90 Å². The predicted molar refractivity (Wildman–Crippen MR) is 98.2 cm³/mol. The third-order valence-electron chi connectivity index (χ3n) is 4.46. The molecule has 5 nitrogen and oxygen atoms in total. The molecule has 3 rings (SSSR count). The molecule has 2 aliphatic heterocycles. The van der Waals surface area contributed by atoms with E-state index in [0.29, 0.717) is 24.7 Å². The van der Waals surface area contributed by atoms with Crippen LogP contribution in [0, 0.1) is 17.8 Å². The molecule has 2 atom stereocenters. The third kappa shape index (κ3) is 4.42. The lowest BCUT2D eigenvalue weighted by molar-refractivity contribution is 0.0737. The Morgan fingerprint density at radius 1 is 1.32 bits per heavy atom. The van der Waals surface area contributed by atoms with Gasteiger partial charge >= 0.3 is 0 Å². The lowest BCUT2D eigenvalue weighted by Crippen LogP contribution is -2.36. The number of amides is 1. The number of rotatable bonds is 1. The number of hydrogen-bond acceptors (Lipinski definition) is 4. The fraction of sp³-hybridized carbons (Fsp3) is 0.400. The van der Waals surface area contributed by atoms with E-state index in [0.717, 1.165) is 18.6 Å². The molecule has 5 heteroatoms. The molecule has 1 fully saturated rings. The number of piperidine rings is 1. The van der Waals surface area contributed by atoms with Crippen LogP contribution in [0.15, 0.2) is 47.4 Å². The van der Waals surface area contributed by atoms with Crippen molar-refractivity contribution in [1.82, 2.24) is 14.9 Å². The van der Waals surface area contributed by atoms with E-state index in [9.17, 15) is 4.79 Å². The number of likely N-dealkylation sites (tertiary alicyclic amines) is 1. The van der Waals surface area contributed by atoms with Crippen LogP contribution in [0.25, 0.3) is 0 Å². The molecule has 2 unspecified atom stereocenters. The van der Waals surface area contributed by atoms with E-state index >= 15 is 0 Å². The first-order valence-electron chi connectivity index (χ1n) is 8.60. The number of carbonyl (C=O) groups is 1. The van der Waals surface area contributed by atoms with Gasteiger partial charge in [0.05, 0.1) is 6.20 Å². The van der Waals surface area contributed by atoms with Crippen LogP contribution in [0.1, 0.15) is 37.2 Å². The van der Waals surface area contributed by atoms with Crippen molar-refractivity contribution < 1.29 is 4.79 Å². The standard InChI is InChI=1S/C20H22N4O/c1-15-6-7-16(2)23-18(15)5-3-4-17-8-12-24(13-9-17)20(25)19-14-21-10-11-22-19/h4,6-7,10-11,14-15,18H,8-9,12-13H2,1-2H3. The first-order chi connectivity index (χ1) is 12.1. The van der Waals surface area contributed by atoms with Crippen molar-refractivity contribution in [3.63, 3.8) is 0 Å². The highest BCUT2D eigenvalue weighted by Crippen LogP contribution is 2.18. The van der Waals surface area contributed by atoms with Crippen molar-refractivity contribution >= 4 is 11.6 Å². The molecule has 0 bridgehead atoms. The van der Waals surface area contributed by atoms with Crippen molar-refractivity contribution in [2.75, 3.05) is 13.1 Å². The predicted octanol–water partition coefficient (Wildman–Crippen LogP) is 2.68. The van der Waals surface area contributed by atoms with E-state index in [1.54, 1.807) is 12.4 Å². The summed E-state index contributed by atoms with van der Waals surface area (Å²) in [5, 5.41) is 0. The van der Waals surface area contributed by atoms with Gasteiger partial charge in [0.2, 0.25) is 0 Å². The fourth-order valence-electron chi connectivity index (χ4n) is 2.88. The van der Waals surface area contributed by atoms with Crippen molar-refractivity contribution in [2.24, 2.45) is 10.9 Å². The molecular formula is C20H22N4O. The van der Waals surface area contributed by atoms with E-state index < -0.39 is 0 Å². The molecular weight excluding hydrogens is 312 g/mol. The summed E-state index contributed by atoms with van der Waals surface area (Å²) in [5.41, 5.74) is 2.72. The van der Waals surface area contributed by atoms with Crippen LogP contribution in [0.4, 0.5) is 0 Å². The van der Waals surface area contributed by atoms with Crippen LogP contribution < -0.4 is 0 Å². The highest BCUT2D eigenvalue weighted by molar-refractivity contribution is 5.93. The average molecular weight is 334 g/mol. The fourth-order valence-corrected chi connectivity index (χ4v) is 2.88. The van der Waals surface area contributed by atoms with Crippen molar-refractivity contribution in [3.05, 3.63) is 48.1 Å². The zero-order valence-electron chi connectivity index (χ0n) is 14.6. The summed E-state index contributed by atoms with van der Waals surface area (Å²) in [7, 11) is 0. The summed E-state index contributed by atoms with van der Waals surface area (Å²) in [4.78, 5) is 26.8. The van der Waals surface area contributed by atoms with Crippen LogP contribution in [-0.2, 0) is 0 Å². The molecule has 3 heterocycles. The second-order valence-corrected chi connectivity index (χ2v) is 6.41. The molecule has 1 aromatic heterocycles. The molecule has 0 radical (unpaired) electrons. The lowest BCUT2D eigenvalue weighted by atomic mass is 9.98. The van der Waals surface area contributed by atoms with Gasteiger partial charge in [-0.3, -0.25) is 14.8 Å². The molecule has 1 amide bonds. The van der Waals surface area contributed by atoms with Crippen molar-refractivity contribution in [2.45, 2.75) is 32.7 Å². The minimum atomic E-state index is -0.0501. The topological polar surface area (TPSA) is 58.5 Å². The maximum absolute atomic E-state index is 12.3. The summed E-state index contributed by atoms with van der Waals surface area (Å²) in [6.07, 6.45) is 12.5. The molecule has 128 valence electrons. The summed E-state index contributed by atoms with van der Waals surface area (Å²) < 4.78 is 0. The second kappa shape index (κ2) is 7.89. The highest BCUT2D eigenvalue weighted by atomic mass is 16.2. The van der Waals surface area contributed by atoms with E-state index in [2.05, 4.69) is 39.8 Å². The van der Waals surface area contributed by atoms with E-state index in [1.165, 1.54) is 11.8 Å². The number of carbonyl (C=O) groups excluding carboxylic acids is 1. The zero-order chi connectivity index (χ0) is 17.6. The van der Waals surface area contributed by atoms with Gasteiger partial charge in [-0.15, -0.1) is 0 Å². The molecule has 0 spiro atoms. The maximum atomic E-state index is 12.3. The van der Waals surface area contributed by atoms with Crippen molar-refractivity contribution in [3.8, 4) is 11.8 Å². The van der Waals surface area contributed by atoms with Gasteiger partial charge in [-0.1, -0.05) is 30.4 Å². The number of aromatic nitrogens is 2. The lowest BCUT2D eigenvalue weighted by Gasteiger charge is -2.27. The maximum Gasteiger partial charge on any atom is 0.274 e. The Hall–Kier alpha value is -2.74. The van der Waals surface area contributed by atoms with Crippen LogP contribution in [0.2, 0.25) is 0 Å². The molecule has 0 aromatic carbocycles. The van der Waals surface area contributed by atoms with E-state index in [-0.39, 0.29) is 11.9 Å². The molecule has 1 saturated heterocycles. The van der Waals surface area contributed by atoms with Crippen LogP contribution >= 0.6 is 0 Å². The van der Waals surface area contributed by atoms with Crippen LogP contribution in [0.3, 0.4) is 0 Å². The number of hydrogen-bond donors (Lipinski definition) is 0. The Kier molecular flexibility index (Phi) is 5.39. The Morgan fingerprint density at radius 2 is 2.12 bits per heavy atom. The summed E-state index contributed by atoms with van der Waals surface area (Å²) >= 11 is 0. The first kappa shape index (κ1) is 17.1. The third-order valence-corrected chi connectivity index (χ3v) is 4.46. The monoisotopic (exact) mass is 334 g/mol. The highest BCUT2D eigenvalue weighted by Gasteiger charge is 2.21. The Balaban J connectivity index is 1.56. The number of nitrogens with zero attached hydrogens (tertiary/aromatic N) is 4. The van der Waals surface area contributed by atoms with Crippen molar-refractivity contribution in [1.29, 1.82) is 0 Å². The summed E-state index contributed by atoms with van der Waals surface area (Å²) in [6, 6.07) is 0.0418. The molecule has 2 aliphatic rings. The van der Waals surface area contributed by atoms with Crippen LogP contribution in [0.5, 0.6) is 0 Å². The van der Waals surface area contributed by atoms with E-state index in [4.69, 9.17) is 0 Å². The second-order valence-electron chi connectivity index (χ2n) is 6.41. The molecule has 0 N–H and O–H groups in total. The smallest absolute Gasteiger partial charge is 0.274 e. The normalized spacial score (nSPS) is 22.7. The first-order valence-corrected chi connectivity index (χ1v) is 8.60. The minimum Gasteiger partial charge on any atom is -0.337 e. The quantitative estimate of drug-likeness (QED) is 0.742. The van der Waals surface area contributed by atoms with Gasteiger partial charge in [0.25, 0.3) is 5.91 Å². The average Bonchev–Trinajstić information content (AvgIpc) is 2.65. The largest absolute Gasteiger partial charge is 0.337 e. The van der Waals surface area contributed by atoms with E-state index in [1.807, 2.05) is 24.0 Å². The zero-order valence-corrected chi connectivity index (χ0v) is 14.6. The van der Waals surface area contributed by atoms with Gasteiger partial charge in [0.1, 0.15) is 11.7 Å². The van der Waals surface area contributed by atoms with Gasteiger partial charge in [-0.25, -0.2) is 4.98 Å². The Bertz CT molecular complexity index is 773. The van der Waals surface area contributed by atoms with Gasteiger partial charge in [-0.05, 0) is 31.9 Å². The summed E-state index contributed by atoms with van der Waals surface area (Å²) in [5.74, 6) is 6.72. The minimum absolute atomic E-state index is 0.0418. The number of dihydropyridines is 1. The van der Waals surface area contributed by atoms with Crippen LogP contribution in [-0.4, -0.2) is 45.6 Å². The van der Waals surface area contributed by atoms with Gasteiger partial charge in [-0.2, -0.15) is 0 Å². The summed E-state index contributed by atoms with van der Waals surface area (Å²) in [6.45, 7) is 5.53. The van der Waals surface area contributed by atoms with Gasteiger partial charge in [0, 0.05) is 37.1 Å². The molecule has 0 aliphatic carbocycles. The molecule has 0 saturated carbocycles. The molecule has 25 heavy (non-hydrogen) atoms. The number of aliphatic imine (C=N–C) groups is 1. The number of allylic oxidation sites excluding steroid dienone is 2.